The number of Topliss-reactive ketones (excluding diaryl/α,β-unsaturated/α-hetero) is 2. The zero-order valence-electron chi connectivity index (χ0n) is 63.1. The first-order chi connectivity index (χ1) is 48.8. The van der Waals surface area contributed by atoms with Crippen molar-refractivity contribution in [1.82, 2.24) is 15.2 Å². The van der Waals surface area contributed by atoms with Gasteiger partial charge in [-0.1, -0.05) is 87.3 Å². The summed E-state index contributed by atoms with van der Waals surface area (Å²) in [6.07, 6.45) is 2.03. The van der Waals surface area contributed by atoms with Crippen molar-refractivity contribution >= 4 is 108 Å². The fourth-order valence-electron chi connectivity index (χ4n) is 12.3. The Morgan fingerprint density at radius 1 is 0.660 bits per heavy atom. The van der Waals surface area contributed by atoms with Gasteiger partial charge >= 0.3 is 29.8 Å². The topological polar surface area (TPSA) is 333 Å². The monoisotopic (exact) mass is 1550 g/mol. The van der Waals surface area contributed by atoms with E-state index in [0.717, 1.165) is 36.1 Å². The minimum absolute atomic E-state index is 0.0130. The molecule has 5 N–H and O–H groups in total. The average molecular weight is 1550 g/mol. The van der Waals surface area contributed by atoms with Gasteiger partial charge < -0.3 is 78.1 Å². The van der Waals surface area contributed by atoms with Crippen LogP contribution in [-0.2, 0) is 81.0 Å². The number of esters is 4. The SMILES string of the molecule is [C-]#[N+]C(C)(CCC(=O)CCCOCCOCCC(=O)CCCCCCO[C@@H]1O[C@H](CO)[C@H](O)[C@H](O)[C@H]1NC(C)=O)CC(C)(CC(C)(CC(C)(CCC(C)(CCC(CCC)(SC(=S)SCC)C(=O)O)C(=O)OCCCC)C(=O)OCCN(C)C)C(=O)OCCOC)C(=O)OCCSSc1ccccn1. The van der Waals surface area contributed by atoms with Gasteiger partial charge in [0.1, 0.15) is 69.0 Å². The molecule has 2 heterocycles. The fourth-order valence-corrected chi connectivity index (χ4v) is 17.1. The van der Waals surface area contributed by atoms with Crippen LogP contribution in [-0.4, -0.2) is 234 Å². The molecule has 6 unspecified atom stereocenters. The summed E-state index contributed by atoms with van der Waals surface area (Å²) in [6, 6.07) is 4.51. The number of unbranched alkanes of at least 4 members (excludes halogenated alkanes) is 4. The number of carbonyl (C=O) groups excluding carboxylic acids is 7. The summed E-state index contributed by atoms with van der Waals surface area (Å²) in [5.74, 6) is -3.33. The van der Waals surface area contributed by atoms with Crippen LogP contribution in [0.1, 0.15) is 197 Å². The van der Waals surface area contributed by atoms with Gasteiger partial charge in [0.2, 0.25) is 11.4 Å². The van der Waals surface area contributed by atoms with E-state index in [1.807, 2.05) is 51.9 Å². The van der Waals surface area contributed by atoms with E-state index in [1.54, 1.807) is 46.9 Å². The van der Waals surface area contributed by atoms with Gasteiger partial charge in [-0.25, -0.2) is 11.6 Å². The van der Waals surface area contributed by atoms with Crippen molar-refractivity contribution in [3.8, 4) is 0 Å². The molecule has 1 saturated heterocycles. The van der Waals surface area contributed by atoms with Crippen molar-refractivity contribution in [2.75, 3.05) is 112 Å². The smallest absolute Gasteiger partial charge is 0.320 e. The number of hydrogen-bond acceptors (Lipinski definition) is 27. The van der Waals surface area contributed by atoms with Gasteiger partial charge in [0, 0.05) is 91.2 Å². The third kappa shape index (κ3) is 35.7. The highest BCUT2D eigenvalue weighted by molar-refractivity contribution is 8.76. The van der Waals surface area contributed by atoms with Crippen LogP contribution in [0.3, 0.4) is 0 Å². The Balaban J connectivity index is 2.34. The van der Waals surface area contributed by atoms with E-state index in [4.69, 9.17) is 61.4 Å². The van der Waals surface area contributed by atoms with Crippen molar-refractivity contribution in [3.05, 3.63) is 35.8 Å². The van der Waals surface area contributed by atoms with Gasteiger partial charge in [-0.05, 0) is 141 Å². The van der Waals surface area contributed by atoms with E-state index in [9.17, 15) is 44.4 Å². The molecular formula is C73H120N4O21S5. The summed E-state index contributed by atoms with van der Waals surface area (Å²) in [6.45, 7) is 24.8. The van der Waals surface area contributed by atoms with Crippen LogP contribution in [0.4, 0.5) is 0 Å². The van der Waals surface area contributed by atoms with E-state index in [-0.39, 0.29) is 155 Å². The number of pyridine rings is 1. The number of nitrogens with zero attached hydrogens (tertiary/aromatic N) is 3. The molecule has 30 heteroatoms. The Labute approximate surface area is 633 Å². The van der Waals surface area contributed by atoms with Crippen LogP contribution in [0, 0.1) is 28.2 Å². The minimum Gasteiger partial charge on any atom is -0.480 e. The maximum Gasteiger partial charge on any atom is 0.320 e. The van der Waals surface area contributed by atoms with Crippen LogP contribution in [0.2, 0.25) is 0 Å². The standard InChI is InChI=1S/C73H120N4O21S5/c1-14-17-39-94-63(86)68(5,34-35-73(30-15-2,62(84)85)102-67(99)100-16-3)32-33-69(6,64(87)95-42-37-77(11)12)50-70(7,65(88)96-46-43-90-13)51-71(8,66(89)97-47-48-101-103-57-27-21-22-36-75-57)52-72(9,74-10)31-28-54(80)26-24-38-91-44-45-92-41-29-55(81)25-20-18-19-23-40-93-61-58(76-53(4)79)60(83)59(82)56(49-78)98-61/h21-22,27,36,56,58-61,78,82-83H,14-20,23-26,28-35,37-52H2,1-9,11-13H3,(H,76,79)(H,84,85)/t56-,58-,59+,60-,61-,68?,69?,70?,71?,72?,73?/m1/s1. The molecule has 0 bridgehead atoms. The molecular weight excluding hydrogens is 1430 g/mol. The van der Waals surface area contributed by atoms with Crippen molar-refractivity contribution in [3.63, 3.8) is 0 Å². The summed E-state index contributed by atoms with van der Waals surface area (Å²) in [5, 5.41) is 44.4. The van der Waals surface area contributed by atoms with Gasteiger partial charge in [-0.3, -0.25) is 38.4 Å². The summed E-state index contributed by atoms with van der Waals surface area (Å²) in [5.41, 5.74) is -7.72. The van der Waals surface area contributed by atoms with Gasteiger partial charge in [0.15, 0.2) is 6.29 Å². The second kappa shape index (κ2) is 50.5. The molecule has 1 aromatic rings. The summed E-state index contributed by atoms with van der Waals surface area (Å²) >= 11 is 8.15. The number of hydrogen-bond donors (Lipinski definition) is 5. The first kappa shape index (κ1) is 95.0. The normalized spacial score (nSPS) is 19.5. The van der Waals surface area contributed by atoms with Crippen LogP contribution >= 0.6 is 57.3 Å². The second-order valence-electron chi connectivity index (χ2n) is 28.1. The number of rotatable bonds is 58. The quantitative estimate of drug-likeness (QED) is 0.0101. The number of carbonyl (C=O) groups is 8. The number of ether oxygens (including phenoxy) is 9. The van der Waals surface area contributed by atoms with E-state index in [2.05, 4.69) is 15.1 Å². The Morgan fingerprint density at radius 3 is 1.88 bits per heavy atom. The van der Waals surface area contributed by atoms with Crippen LogP contribution in [0.5, 0.6) is 0 Å². The number of thioether (sulfide) groups is 2. The van der Waals surface area contributed by atoms with E-state index in [1.165, 1.54) is 47.4 Å². The number of carboxylic acid groups (broad SMARTS) is 1. The molecule has 1 amide bonds. The highest BCUT2D eigenvalue weighted by Gasteiger charge is 2.56. The van der Waals surface area contributed by atoms with Crippen molar-refractivity contribution in [2.45, 2.75) is 243 Å². The van der Waals surface area contributed by atoms with E-state index >= 15 is 14.4 Å². The molecule has 0 spiro atoms. The highest BCUT2D eigenvalue weighted by Crippen LogP contribution is 2.52. The van der Waals surface area contributed by atoms with Crippen LogP contribution in [0.15, 0.2) is 29.4 Å². The molecule has 103 heavy (non-hydrogen) atoms. The van der Waals surface area contributed by atoms with Crippen molar-refractivity contribution < 1.29 is 101 Å². The maximum atomic E-state index is 15.1. The molecule has 588 valence electrons. The number of amides is 1. The summed E-state index contributed by atoms with van der Waals surface area (Å²) < 4.78 is 51.2. The summed E-state index contributed by atoms with van der Waals surface area (Å²) in [4.78, 5) is 121. The zero-order chi connectivity index (χ0) is 77.1. The lowest BCUT2D eigenvalue weighted by Gasteiger charge is -2.42. The molecule has 1 aromatic heterocycles. The number of thiocarbonyl (C=S) groups is 1. The van der Waals surface area contributed by atoms with Crippen LogP contribution < -0.4 is 5.32 Å². The van der Waals surface area contributed by atoms with Crippen molar-refractivity contribution in [2.24, 2.45) is 21.7 Å². The van der Waals surface area contributed by atoms with Gasteiger partial charge in [0.25, 0.3) is 0 Å². The average Bonchev–Trinajstić information content (AvgIpc) is 0.772. The lowest BCUT2D eigenvalue weighted by atomic mass is 9.61. The molecule has 1 aliphatic rings. The van der Waals surface area contributed by atoms with Gasteiger partial charge in [-0.2, -0.15) is 0 Å². The molecule has 0 radical (unpaired) electrons. The third-order valence-corrected chi connectivity index (χ3v) is 23.2. The lowest BCUT2D eigenvalue weighted by molar-refractivity contribution is -0.270. The van der Waals surface area contributed by atoms with Gasteiger partial charge in [0.05, 0.1) is 61.3 Å². The number of aromatic nitrogens is 1. The largest absolute Gasteiger partial charge is 0.480 e. The second-order valence-corrected chi connectivity index (χ2v) is 34.4. The van der Waals surface area contributed by atoms with Crippen molar-refractivity contribution in [1.29, 1.82) is 0 Å². The predicted octanol–water partition coefficient (Wildman–Crippen LogP) is 10.9. The number of aliphatic carboxylic acids is 1. The maximum absolute atomic E-state index is 15.1. The lowest BCUT2D eigenvalue weighted by Crippen LogP contribution is -2.64. The number of likely N-dealkylation sites (N-methyl/N-ethyl adjacent to an activating group) is 1. The Morgan fingerprint density at radius 2 is 1.26 bits per heavy atom. The Bertz CT molecular complexity index is 2780. The fraction of sp³-hybridized carbons (Fsp3) is 0.795. The molecule has 2 rings (SSSR count). The highest BCUT2D eigenvalue weighted by atomic mass is 33.1. The summed E-state index contributed by atoms with van der Waals surface area (Å²) in [7, 11) is 7.92. The van der Waals surface area contributed by atoms with Gasteiger partial charge in [-0.15, -0.1) is 11.8 Å². The number of aliphatic hydroxyl groups excluding tert-OH is 3. The van der Waals surface area contributed by atoms with E-state index < -0.39 is 105 Å². The molecule has 25 nitrogen and oxygen atoms in total. The Hall–Kier alpha value is -4.07. The molecule has 1 aliphatic heterocycles. The molecule has 1 fully saturated rings. The third-order valence-electron chi connectivity index (χ3n) is 18.1. The minimum atomic E-state index is -1.73. The first-order valence-electron chi connectivity index (χ1n) is 36.0. The zero-order valence-corrected chi connectivity index (χ0v) is 67.1. The molecule has 0 aromatic carbocycles. The number of aliphatic hydroxyl groups is 3. The molecule has 11 atom stereocenters. The number of methoxy groups -OCH3 is 1. The number of carboxylic acids is 1. The molecule has 0 saturated carbocycles. The molecule has 0 aliphatic carbocycles. The van der Waals surface area contributed by atoms with Crippen LogP contribution in [0.25, 0.3) is 4.85 Å². The number of ketones is 2. The predicted molar refractivity (Wildman–Crippen MR) is 404 cm³/mol. The number of nitrogens with one attached hydrogen (secondary N) is 1. The Kier molecular flexibility index (Phi) is 46.6. The van der Waals surface area contributed by atoms with E-state index in [0.29, 0.717) is 60.1 Å². The first-order valence-corrected chi connectivity index (χ1v) is 40.5.